The fourth-order valence-electron chi connectivity index (χ4n) is 4.44. The molecule has 0 aliphatic carbocycles. The summed E-state index contributed by atoms with van der Waals surface area (Å²) in [6.45, 7) is -0.773. The van der Waals surface area contributed by atoms with Gasteiger partial charge in [0.1, 0.15) is 12.6 Å². The topological polar surface area (TPSA) is 154 Å². The molecule has 1 aliphatic heterocycles. The molecule has 2 amide bonds. The van der Waals surface area contributed by atoms with Crippen molar-refractivity contribution >= 4 is 59.2 Å². The van der Waals surface area contributed by atoms with E-state index in [9.17, 15) is 24.3 Å². The van der Waals surface area contributed by atoms with Crippen molar-refractivity contribution < 1.29 is 24.3 Å². The second kappa shape index (κ2) is 14.2. The van der Waals surface area contributed by atoms with Crippen LogP contribution in [0.25, 0.3) is 0 Å². The van der Waals surface area contributed by atoms with Crippen LogP contribution in [-0.4, -0.2) is 71.5 Å². The van der Waals surface area contributed by atoms with Gasteiger partial charge in [0.15, 0.2) is 11.9 Å². The number of rotatable bonds is 12. The van der Waals surface area contributed by atoms with Crippen molar-refractivity contribution in [2.75, 3.05) is 23.7 Å². The number of nitrogens with two attached hydrogens (primary N) is 1. The molecule has 12 heteroatoms. The van der Waals surface area contributed by atoms with Gasteiger partial charge in [-0.05, 0) is 23.8 Å². The molecule has 0 bridgehead atoms. The number of aliphatic imine (C=N–C) groups is 1. The number of thiol groups is 1. The maximum Gasteiger partial charge on any atom is 0.326 e. The zero-order chi connectivity index (χ0) is 30.2. The first-order valence-electron chi connectivity index (χ1n) is 13.1. The summed E-state index contributed by atoms with van der Waals surface area (Å²) < 4.78 is 0. The predicted molar refractivity (Wildman–Crippen MR) is 164 cm³/mol. The zero-order valence-electron chi connectivity index (χ0n) is 22.4. The summed E-state index contributed by atoms with van der Waals surface area (Å²) in [6.07, 6.45) is -1.21. The lowest BCUT2D eigenvalue weighted by Crippen LogP contribution is -2.52. The molecule has 3 aromatic carbocycles. The van der Waals surface area contributed by atoms with Gasteiger partial charge < -0.3 is 16.2 Å². The number of halogens is 1. The SMILES string of the molecule is NC(CS)C(=O)CNC1N=C(c2ccccc2)c2cc(Cl)ccc2N(CC(=O)N[C@@H](Cc2ccccc2)C(=O)O)C1=O. The third-order valence-electron chi connectivity index (χ3n) is 6.61. The van der Waals surface area contributed by atoms with Gasteiger partial charge in [-0.3, -0.25) is 29.6 Å². The van der Waals surface area contributed by atoms with Gasteiger partial charge in [0, 0.05) is 28.3 Å². The van der Waals surface area contributed by atoms with Crippen LogP contribution >= 0.6 is 24.2 Å². The Labute approximate surface area is 253 Å². The van der Waals surface area contributed by atoms with Gasteiger partial charge in [0.2, 0.25) is 5.91 Å². The van der Waals surface area contributed by atoms with E-state index in [0.29, 0.717) is 27.5 Å². The first kappa shape index (κ1) is 30.9. The van der Waals surface area contributed by atoms with Gasteiger partial charge in [0.05, 0.1) is 24.0 Å². The highest BCUT2D eigenvalue weighted by Gasteiger charge is 2.34. The lowest BCUT2D eigenvalue weighted by Gasteiger charge is -2.26. The smallest absolute Gasteiger partial charge is 0.326 e. The molecule has 218 valence electrons. The maximum absolute atomic E-state index is 13.9. The van der Waals surface area contributed by atoms with Crippen LogP contribution in [0.4, 0.5) is 5.69 Å². The number of carboxylic acid groups (broad SMARTS) is 1. The molecule has 42 heavy (non-hydrogen) atoms. The molecule has 0 aromatic heterocycles. The van der Waals surface area contributed by atoms with E-state index in [4.69, 9.17) is 17.3 Å². The average molecular weight is 608 g/mol. The molecule has 0 saturated heterocycles. The Morgan fingerprint density at radius 1 is 1.05 bits per heavy atom. The lowest BCUT2D eigenvalue weighted by molar-refractivity contribution is -0.141. The Morgan fingerprint density at radius 2 is 1.71 bits per heavy atom. The first-order valence-corrected chi connectivity index (χ1v) is 14.1. The third kappa shape index (κ3) is 7.62. The Bertz CT molecular complexity index is 1490. The number of hydrogen-bond donors (Lipinski definition) is 5. The summed E-state index contributed by atoms with van der Waals surface area (Å²) in [5.74, 6) is -2.77. The van der Waals surface area contributed by atoms with E-state index in [1.54, 1.807) is 42.5 Å². The minimum atomic E-state index is -1.27. The largest absolute Gasteiger partial charge is 0.480 e. The van der Waals surface area contributed by atoms with Crippen LogP contribution in [0, 0.1) is 0 Å². The van der Waals surface area contributed by atoms with E-state index in [-0.39, 0.29) is 24.5 Å². The number of nitrogens with one attached hydrogen (secondary N) is 2. The minimum Gasteiger partial charge on any atom is -0.480 e. The van der Waals surface area contributed by atoms with Crippen molar-refractivity contribution in [1.29, 1.82) is 0 Å². The summed E-state index contributed by atoms with van der Waals surface area (Å²) in [7, 11) is 0. The molecule has 2 unspecified atom stereocenters. The number of ketones is 1. The van der Waals surface area contributed by atoms with E-state index in [2.05, 4.69) is 28.3 Å². The molecule has 1 aliphatic rings. The van der Waals surface area contributed by atoms with Crippen molar-refractivity contribution in [3.05, 3.63) is 101 Å². The Balaban J connectivity index is 1.69. The first-order chi connectivity index (χ1) is 20.2. The van der Waals surface area contributed by atoms with E-state index in [1.165, 1.54) is 4.90 Å². The molecule has 5 N–H and O–H groups in total. The monoisotopic (exact) mass is 607 g/mol. The van der Waals surface area contributed by atoms with Crippen LogP contribution in [0.3, 0.4) is 0 Å². The van der Waals surface area contributed by atoms with Gasteiger partial charge in [-0.15, -0.1) is 0 Å². The van der Waals surface area contributed by atoms with Crippen LogP contribution in [-0.2, 0) is 25.6 Å². The van der Waals surface area contributed by atoms with Crippen LogP contribution in [0.1, 0.15) is 16.7 Å². The predicted octanol–water partition coefficient (Wildman–Crippen LogP) is 2.08. The minimum absolute atomic E-state index is 0.0566. The zero-order valence-corrected chi connectivity index (χ0v) is 24.1. The standard InChI is InChI=1S/C30H30ClN5O5S/c31-20-11-12-24-21(14-20)27(19-9-5-2-6-10-19)35-28(33-15-25(37)22(32)17-42)29(39)36(24)16-26(38)34-23(30(40)41)13-18-7-3-1-4-8-18/h1-12,14,22-23,28,33,42H,13,15-17,32H2,(H,34,38)(H,40,41)/t22?,23-,28?/m0/s1. The molecule has 3 aromatic rings. The third-order valence-corrected chi connectivity index (χ3v) is 7.24. The van der Waals surface area contributed by atoms with Crippen molar-refractivity contribution in [3.8, 4) is 0 Å². The van der Waals surface area contributed by atoms with E-state index in [0.717, 1.165) is 5.56 Å². The van der Waals surface area contributed by atoms with Crippen molar-refractivity contribution in [3.63, 3.8) is 0 Å². The number of carbonyl (C=O) groups is 4. The molecule has 0 saturated carbocycles. The van der Waals surface area contributed by atoms with E-state index < -0.39 is 42.6 Å². The summed E-state index contributed by atoms with van der Waals surface area (Å²) in [4.78, 5) is 57.6. The number of fused-ring (bicyclic) bond motifs is 1. The second-order valence-corrected chi connectivity index (χ2v) is 10.4. The number of carboxylic acids is 1. The average Bonchev–Trinajstić information content (AvgIpc) is 3.10. The number of anilines is 1. The second-order valence-electron chi connectivity index (χ2n) is 9.62. The molecule has 0 fully saturated rings. The van der Waals surface area contributed by atoms with Gasteiger partial charge in [-0.2, -0.15) is 12.6 Å². The number of nitrogens with zero attached hydrogens (tertiary/aromatic N) is 2. The van der Waals surface area contributed by atoms with Crippen molar-refractivity contribution in [2.24, 2.45) is 10.7 Å². The quantitative estimate of drug-likeness (QED) is 0.198. The molecule has 1 heterocycles. The van der Waals surface area contributed by atoms with Crippen molar-refractivity contribution in [2.45, 2.75) is 24.7 Å². The van der Waals surface area contributed by atoms with Crippen molar-refractivity contribution in [1.82, 2.24) is 10.6 Å². The number of Topliss-reactive ketones (excluding diaryl/α,β-unsaturated/α-hetero) is 1. The Hall–Kier alpha value is -4.03. The van der Waals surface area contributed by atoms with Crippen LogP contribution in [0.2, 0.25) is 5.02 Å². The highest BCUT2D eigenvalue weighted by Crippen LogP contribution is 2.30. The fourth-order valence-corrected chi connectivity index (χ4v) is 4.81. The van der Waals surface area contributed by atoms with Crippen LogP contribution < -0.4 is 21.3 Å². The number of carbonyl (C=O) groups excluding carboxylic acids is 3. The molecule has 4 rings (SSSR count). The van der Waals surface area contributed by atoms with Crippen LogP contribution in [0.5, 0.6) is 0 Å². The molecule has 3 atom stereocenters. The maximum atomic E-state index is 13.9. The summed E-state index contributed by atoms with van der Waals surface area (Å²) >= 11 is 10.4. The molecule has 10 nitrogen and oxygen atoms in total. The number of aliphatic carboxylic acids is 1. The van der Waals surface area contributed by atoms with E-state index >= 15 is 0 Å². The summed E-state index contributed by atoms with van der Waals surface area (Å²) in [6, 6.07) is 20.8. The van der Waals surface area contributed by atoms with E-state index in [1.807, 2.05) is 36.4 Å². The number of amides is 2. The summed E-state index contributed by atoms with van der Waals surface area (Å²) in [5.41, 5.74) is 8.46. The van der Waals surface area contributed by atoms with Gasteiger partial charge in [-0.1, -0.05) is 72.3 Å². The number of benzene rings is 3. The molecule has 0 spiro atoms. The lowest BCUT2D eigenvalue weighted by atomic mass is 10.00. The van der Waals surface area contributed by atoms with Crippen LogP contribution in [0.15, 0.2) is 83.9 Å². The fraction of sp³-hybridized carbons (Fsp3) is 0.233. The molecular weight excluding hydrogens is 578 g/mol. The van der Waals surface area contributed by atoms with Gasteiger partial charge >= 0.3 is 5.97 Å². The Morgan fingerprint density at radius 3 is 2.36 bits per heavy atom. The normalized spacial score (nSPS) is 16.1. The highest BCUT2D eigenvalue weighted by atomic mass is 35.5. The molecule has 0 radical (unpaired) electrons. The number of hydrogen-bond acceptors (Lipinski definition) is 8. The molecular formula is C30H30ClN5O5S. The highest BCUT2D eigenvalue weighted by molar-refractivity contribution is 7.80. The van der Waals surface area contributed by atoms with Gasteiger partial charge in [0.25, 0.3) is 5.91 Å². The Kier molecular flexibility index (Phi) is 10.5. The van der Waals surface area contributed by atoms with Gasteiger partial charge in [-0.25, -0.2) is 4.79 Å². The number of benzodiazepines with no additional fused rings is 1. The summed E-state index contributed by atoms with van der Waals surface area (Å²) in [5, 5.41) is 15.6.